The van der Waals surface area contributed by atoms with E-state index in [9.17, 15) is 31.9 Å². The van der Waals surface area contributed by atoms with Gasteiger partial charge in [-0.3, -0.25) is 14.5 Å². The summed E-state index contributed by atoms with van der Waals surface area (Å²) in [5.74, 6) is -4.05. The van der Waals surface area contributed by atoms with E-state index in [1.807, 2.05) is 0 Å². The highest BCUT2D eigenvalue weighted by Gasteiger charge is 2.49. The fourth-order valence-corrected chi connectivity index (χ4v) is 3.65. The number of alkyl halides is 3. The van der Waals surface area contributed by atoms with Gasteiger partial charge in [0.05, 0.1) is 17.8 Å². The molecule has 172 valence electrons. The van der Waals surface area contributed by atoms with Crippen LogP contribution in [0.25, 0.3) is 11.0 Å². The predicted molar refractivity (Wildman–Crippen MR) is 108 cm³/mol. The smallest absolute Gasteiger partial charge is 0.409 e. The Hall–Kier alpha value is -3.89. The van der Waals surface area contributed by atoms with Crippen molar-refractivity contribution >= 4 is 40.1 Å². The molecule has 1 aliphatic rings. The number of benzene rings is 2. The van der Waals surface area contributed by atoms with Gasteiger partial charge in [0.1, 0.15) is 17.4 Å². The molecule has 1 unspecified atom stereocenters. The number of nitrogens with zero attached hydrogens (tertiary/aromatic N) is 1. The SMILES string of the molecule is Cc1c(C(=O)OCC(=O)N2c3ccccc3NC(=O)CC2C(F)(F)F)oc2ccc(F)cc12. The number of ether oxygens (including phenoxy) is 1. The number of hydrogen-bond donors (Lipinski definition) is 1. The number of nitrogens with one attached hydrogen (secondary N) is 1. The van der Waals surface area contributed by atoms with Gasteiger partial charge in [-0.05, 0) is 37.3 Å². The molecule has 0 saturated carbocycles. The molecule has 0 fully saturated rings. The van der Waals surface area contributed by atoms with Crippen LogP contribution in [0, 0.1) is 12.7 Å². The minimum Gasteiger partial charge on any atom is -0.450 e. The van der Waals surface area contributed by atoms with E-state index < -0.39 is 48.8 Å². The van der Waals surface area contributed by atoms with Gasteiger partial charge in [-0.25, -0.2) is 9.18 Å². The second kappa shape index (κ2) is 8.23. The summed E-state index contributed by atoms with van der Waals surface area (Å²) in [6, 6.07) is 6.65. The van der Waals surface area contributed by atoms with E-state index in [2.05, 4.69) is 5.32 Å². The number of carbonyl (C=O) groups is 3. The molecule has 3 aromatic rings. The van der Waals surface area contributed by atoms with E-state index in [4.69, 9.17) is 9.15 Å². The molecule has 4 rings (SSSR count). The van der Waals surface area contributed by atoms with Crippen LogP contribution < -0.4 is 10.2 Å². The third kappa shape index (κ3) is 4.26. The van der Waals surface area contributed by atoms with Crippen molar-refractivity contribution < 1.29 is 41.1 Å². The number of amides is 2. The summed E-state index contributed by atoms with van der Waals surface area (Å²) in [7, 11) is 0. The Morgan fingerprint density at radius 1 is 1.21 bits per heavy atom. The molecule has 0 saturated heterocycles. The first-order chi connectivity index (χ1) is 15.6. The number of anilines is 2. The standard InChI is InChI=1S/C22H16F4N2O5/c1-11-13-8-12(23)6-7-16(13)33-20(11)21(31)32-10-19(30)28-15-5-3-2-4-14(15)27-18(29)9-17(28)22(24,25)26/h2-8,17H,9-10H2,1H3,(H,27,29). The highest BCUT2D eigenvalue weighted by molar-refractivity contribution is 6.05. The maximum atomic E-state index is 13.7. The lowest BCUT2D eigenvalue weighted by Gasteiger charge is -2.31. The summed E-state index contributed by atoms with van der Waals surface area (Å²) in [4.78, 5) is 37.7. The molecule has 1 atom stereocenters. The normalized spacial score (nSPS) is 16.2. The number of halogens is 4. The number of fused-ring (bicyclic) bond motifs is 2. The maximum absolute atomic E-state index is 13.7. The van der Waals surface area contributed by atoms with E-state index in [1.165, 1.54) is 37.3 Å². The summed E-state index contributed by atoms with van der Waals surface area (Å²) in [6.07, 6.45) is -5.94. The predicted octanol–water partition coefficient (Wildman–Crippen LogP) is 4.34. The Bertz CT molecular complexity index is 1270. The van der Waals surface area contributed by atoms with Crippen molar-refractivity contribution in [3.63, 3.8) is 0 Å². The van der Waals surface area contributed by atoms with Crippen molar-refractivity contribution in [3.05, 3.63) is 59.6 Å². The molecule has 0 spiro atoms. The third-order valence-electron chi connectivity index (χ3n) is 5.18. The van der Waals surface area contributed by atoms with Crippen LogP contribution in [0.1, 0.15) is 22.5 Å². The molecule has 0 bridgehead atoms. The van der Waals surface area contributed by atoms with E-state index in [-0.39, 0.29) is 28.3 Å². The topological polar surface area (TPSA) is 88.9 Å². The van der Waals surface area contributed by atoms with Gasteiger partial charge in [-0.2, -0.15) is 13.2 Å². The lowest BCUT2D eigenvalue weighted by Crippen LogP contribution is -2.51. The average molecular weight is 464 g/mol. The van der Waals surface area contributed by atoms with Crippen LogP contribution in [0.2, 0.25) is 0 Å². The molecule has 0 aliphatic carbocycles. The minimum atomic E-state index is -4.92. The molecule has 33 heavy (non-hydrogen) atoms. The fourth-order valence-electron chi connectivity index (χ4n) is 3.65. The van der Waals surface area contributed by atoms with Crippen LogP contribution in [0.4, 0.5) is 28.9 Å². The van der Waals surface area contributed by atoms with Crippen molar-refractivity contribution in [1.29, 1.82) is 0 Å². The minimum absolute atomic E-state index is 0.0177. The van der Waals surface area contributed by atoms with Crippen molar-refractivity contribution in [2.45, 2.75) is 25.6 Å². The zero-order valence-electron chi connectivity index (χ0n) is 17.0. The Kier molecular flexibility index (Phi) is 5.56. The molecule has 11 heteroatoms. The first kappa shape index (κ1) is 22.3. The molecule has 1 aromatic heterocycles. The fraction of sp³-hybridized carbons (Fsp3) is 0.227. The van der Waals surface area contributed by atoms with Crippen LogP contribution in [-0.4, -0.2) is 36.6 Å². The molecule has 1 aliphatic heterocycles. The molecule has 7 nitrogen and oxygen atoms in total. The molecular weight excluding hydrogens is 448 g/mol. The monoisotopic (exact) mass is 464 g/mol. The zero-order chi connectivity index (χ0) is 23.9. The van der Waals surface area contributed by atoms with Crippen molar-refractivity contribution in [2.75, 3.05) is 16.8 Å². The van der Waals surface area contributed by atoms with Crippen LogP contribution in [0.5, 0.6) is 0 Å². The highest BCUT2D eigenvalue weighted by atomic mass is 19.4. The highest BCUT2D eigenvalue weighted by Crippen LogP contribution is 2.37. The van der Waals surface area contributed by atoms with Crippen molar-refractivity contribution in [3.8, 4) is 0 Å². The van der Waals surface area contributed by atoms with Crippen molar-refractivity contribution in [2.24, 2.45) is 0 Å². The molecule has 2 amide bonds. The molecular formula is C22H16F4N2O5. The molecule has 2 aromatic carbocycles. The van der Waals surface area contributed by atoms with Crippen molar-refractivity contribution in [1.82, 2.24) is 0 Å². The number of rotatable bonds is 3. The third-order valence-corrected chi connectivity index (χ3v) is 5.18. The van der Waals surface area contributed by atoms with E-state index >= 15 is 0 Å². The lowest BCUT2D eigenvalue weighted by molar-refractivity contribution is -0.158. The summed E-state index contributed by atoms with van der Waals surface area (Å²) in [6.45, 7) is 0.435. The van der Waals surface area contributed by atoms with Gasteiger partial charge in [0.15, 0.2) is 6.61 Å². The summed E-state index contributed by atoms with van der Waals surface area (Å²) in [5.41, 5.74) is 0.298. The maximum Gasteiger partial charge on any atom is 0.409 e. The van der Waals surface area contributed by atoms with Crippen LogP contribution >= 0.6 is 0 Å². The number of hydrogen-bond acceptors (Lipinski definition) is 5. The van der Waals surface area contributed by atoms with Gasteiger partial charge in [0.2, 0.25) is 11.7 Å². The molecule has 2 heterocycles. The van der Waals surface area contributed by atoms with E-state index in [0.717, 1.165) is 12.1 Å². The Morgan fingerprint density at radius 2 is 1.94 bits per heavy atom. The lowest BCUT2D eigenvalue weighted by atomic mass is 10.1. The Balaban J connectivity index is 1.60. The summed E-state index contributed by atoms with van der Waals surface area (Å²) < 4.78 is 65.0. The number of carbonyl (C=O) groups excluding carboxylic acids is 3. The Morgan fingerprint density at radius 3 is 2.67 bits per heavy atom. The molecule has 0 radical (unpaired) electrons. The summed E-state index contributed by atoms with van der Waals surface area (Å²) in [5, 5.41) is 2.66. The number of esters is 1. The van der Waals surface area contributed by atoms with E-state index in [0.29, 0.717) is 10.3 Å². The Labute approximate surface area is 183 Å². The van der Waals surface area contributed by atoms with Gasteiger partial charge in [-0.15, -0.1) is 0 Å². The second-order valence-electron chi connectivity index (χ2n) is 7.36. The van der Waals surface area contributed by atoms with Gasteiger partial charge >= 0.3 is 12.1 Å². The van der Waals surface area contributed by atoms with Gasteiger partial charge in [0.25, 0.3) is 5.91 Å². The van der Waals surface area contributed by atoms with E-state index in [1.54, 1.807) is 0 Å². The van der Waals surface area contributed by atoms with Gasteiger partial charge < -0.3 is 14.5 Å². The van der Waals surface area contributed by atoms with Gasteiger partial charge in [-0.1, -0.05) is 12.1 Å². The summed E-state index contributed by atoms with van der Waals surface area (Å²) >= 11 is 0. The first-order valence-corrected chi connectivity index (χ1v) is 9.69. The van der Waals surface area contributed by atoms with Crippen LogP contribution in [-0.2, 0) is 14.3 Å². The number of furan rings is 1. The number of aryl methyl sites for hydroxylation is 1. The quantitative estimate of drug-likeness (QED) is 0.460. The largest absolute Gasteiger partial charge is 0.450 e. The number of para-hydroxylation sites is 2. The van der Waals surface area contributed by atoms with Gasteiger partial charge in [0, 0.05) is 10.9 Å². The molecule has 1 N–H and O–H groups in total. The zero-order valence-corrected chi connectivity index (χ0v) is 17.0. The second-order valence-corrected chi connectivity index (χ2v) is 7.36. The van der Waals surface area contributed by atoms with Crippen LogP contribution in [0.15, 0.2) is 46.9 Å². The first-order valence-electron chi connectivity index (χ1n) is 9.69. The van der Waals surface area contributed by atoms with Crippen LogP contribution in [0.3, 0.4) is 0 Å². The average Bonchev–Trinajstić information content (AvgIpc) is 2.98.